The monoisotopic (exact) mass is 605 g/mol. The fourth-order valence-corrected chi connectivity index (χ4v) is 6.89. The van der Waals surface area contributed by atoms with Crippen LogP contribution in [0.1, 0.15) is 17.2 Å². The Bertz CT molecular complexity index is 1830. The van der Waals surface area contributed by atoms with Gasteiger partial charge >= 0.3 is 0 Å². The van der Waals surface area contributed by atoms with E-state index in [0.717, 1.165) is 57.5 Å². The molecule has 1 atom stereocenters. The number of fused-ring (bicyclic) bond motifs is 2. The van der Waals surface area contributed by atoms with E-state index in [1.165, 1.54) is 35.3 Å². The number of carbonyl (C=O) groups excluding carboxylic acids is 1. The molecule has 7 nitrogen and oxygen atoms in total. The lowest BCUT2D eigenvalue weighted by Crippen LogP contribution is -2.52. The van der Waals surface area contributed by atoms with Gasteiger partial charge in [0.1, 0.15) is 11.6 Å². The van der Waals surface area contributed by atoms with E-state index in [0.29, 0.717) is 24.5 Å². The van der Waals surface area contributed by atoms with Crippen molar-refractivity contribution in [2.45, 2.75) is 24.6 Å². The van der Waals surface area contributed by atoms with Gasteiger partial charge in [0.15, 0.2) is 0 Å². The van der Waals surface area contributed by atoms with Crippen LogP contribution in [0.15, 0.2) is 60.2 Å². The van der Waals surface area contributed by atoms with Gasteiger partial charge in [-0.3, -0.25) is 9.48 Å². The minimum absolute atomic E-state index is 0.110. The second kappa shape index (κ2) is 10.8. The molecule has 1 amide bonds. The molecule has 11 heteroatoms. The molecular formula is C31H26ClF2N5O2S. The zero-order chi connectivity index (χ0) is 29.0. The largest absolute Gasteiger partial charge is 0.496 e. The third kappa shape index (κ3) is 4.63. The van der Waals surface area contributed by atoms with Gasteiger partial charge in [0.25, 0.3) is 11.5 Å². The molecule has 2 aliphatic heterocycles. The van der Waals surface area contributed by atoms with Crippen LogP contribution in [0.3, 0.4) is 0 Å². The number of nitrogens with one attached hydrogen (secondary N) is 1. The molecule has 0 spiro atoms. The first kappa shape index (κ1) is 27.0. The smallest absolute Gasteiger partial charge is 0.272 e. The second-order valence-electron chi connectivity index (χ2n) is 10.5. The van der Waals surface area contributed by atoms with Crippen molar-refractivity contribution in [2.24, 2.45) is 0 Å². The number of benzene rings is 2. The number of alkyl halides is 2. The Balaban J connectivity index is 1.38. The van der Waals surface area contributed by atoms with E-state index in [1.807, 2.05) is 11.6 Å². The van der Waals surface area contributed by atoms with E-state index >= 15 is 0 Å². The van der Waals surface area contributed by atoms with E-state index in [4.69, 9.17) is 21.3 Å². The maximum absolute atomic E-state index is 14.3. The molecule has 214 valence electrons. The van der Waals surface area contributed by atoms with Crippen LogP contribution in [-0.4, -0.2) is 57.9 Å². The first-order valence-electron chi connectivity index (χ1n) is 13.6. The van der Waals surface area contributed by atoms with Crippen molar-refractivity contribution in [1.29, 1.82) is 0 Å². The maximum atomic E-state index is 14.3. The lowest BCUT2D eigenvalue weighted by Gasteiger charge is -2.39. The summed E-state index contributed by atoms with van der Waals surface area (Å²) in [7, 11) is 1.53. The van der Waals surface area contributed by atoms with Crippen LogP contribution in [0.5, 0.6) is 5.75 Å². The topological polar surface area (TPSA) is 72.3 Å². The first-order valence-corrected chi connectivity index (χ1v) is 14.9. The summed E-state index contributed by atoms with van der Waals surface area (Å²) in [4.78, 5) is 18.6. The molecule has 0 aliphatic carbocycles. The highest BCUT2D eigenvalue weighted by Gasteiger charge is 2.35. The average molecular weight is 606 g/mol. The Kier molecular flexibility index (Phi) is 6.92. The quantitative estimate of drug-likeness (QED) is 0.233. The lowest BCUT2D eigenvalue weighted by atomic mass is 9.93. The lowest BCUT2D eigenvalue weighted by molar-refractivity contribution is -0.139. The number of halogens is 3. The molecule has 2 aliphatic rings. The number of methoxy groups -OCH3 is 1. The van der Waals surface area contributed by atoms with Crippen LogP contribution in [0.4, 0.5) is 8.78 Å². The Morgan fingerprint density at radius 1 is 1.14 bits per heavy atom. The highest BCUT2D eigenvalue weighted by atomic mass is 35.5. The number of hydrogen-bond donors (Lipinski definition) is 1. The van der Waals surface area contributed by atoms with Crippen molar-refractivity contribution in [3.05, 3.63) is 77.2 Å². The van der Waals surface area contributed by atoms with Gasteiger partial charge in [-0.2, -0.15) is 5.10 Å². The molecular weight excluding hydrogens is 580 g/mol. The number of ether oxygens (including phenoxy) is 1. The molecule has 1 saturated heterocycles. The highest BCUT2D eigenvalue weighted by molar-refractivity contribution is 7.18. The highest BCUT2D eigenvalue weighted by Crippen LogP contribution is 2.46. The van der Waals surface area contributed by atoms with Crippen LogP contribution in [0.2, 0.25) is 0 Å². The molecule has 5 aromatic rings. The van der Waals surface area contributed by atoms with E-state index in [1.54, 1.807) is 28.3 Å². The minimum atomic E-state index is -2.05. The van der Waals surface area contributed by atoms with Crippen LogP contribution >= 0.6 is 22.9 Å². The van der Waals surface area contributed by atoms with Gasteiger partial charge in [-0.1, -0.05) is 23.7 Å². The number of thiophene rings is 1. The van der Waals surface area contributed by atoms with E-state index in [-0.39, 0.29) is 6.04 Å². The Morgan fingerprint density at radius 2 is 2.00 bits per heavy atom. The first-order chi connectivity index (χ1) is 20.4. The van der Waals surface area contributed by atoms with Gasteiger partial charge in [-0.25, -0.2) is 13.8 Å². The number of hydrogen-bond acceptors (Lipinski definition) is 6. The second-order valence-corrected chi connectivity index (χ2v) is 11.8. The van der Waals surface area contributed by atoms with Gasteiger partial charge in [-0.05, 0) is 53.7 Å². The number of amides is 1. The predicted octanol–water partition coefficient (Wildman–Crippen LogP) is 6.20. The van der Waals surface area contributed by atoms with Crippen LogP contribution in [-0.2, 0) is 17.8 Å². The normalized spacial score (nSPS) is 15.9. The third-order valence-corrected chi connectivity index (χ3v) is 9.14. The number of aromatic nitrogens is 3. The number of likely N-dealkylation sites (tertiary alicyclic amines) is 1. The van der Waals surface area contributed by atoms with Gasteiger partial charge in [-0.15, -0.1) is 11.3 Å². The van der Waals surface area contributed by atoms with Crippen molar-refractivity contribution < 1.29 is 18.3 Å². The predicted molar refractivity (Wildman–Crippen MR) is 160 cm³/mol. The van der Waals surface area contributed by atoms with E-state index in [9.17, 15) is 13.6 Å². The zero-order valence-electron chi connectivity index (χ0n) is 22.6. The SMILES string of the molecule is COc1cc(F)ccc1-c1c(-c2cnn(C3CN(C(=O)C(F)Cl)C3)c2)nc(-c2ccc3c(c2)CCNC3)c2ccsc12. The summed E-state index contributed by atoms with van der Waals surface area (Å²) in [6, 6.07) is 13.0. The molecule has 3 aromatic heterocycles. The van der Waals surface area contributed by atoms with Gasteiger partial charge in [0.2, 0.25) is 0 Å². The molecule has 42 heavy (non-hydrogen) atoms. The van der Waals surface area contributed by atoms with Crippen molar-refractivity contribution in [3.63, 3.8) is 0 Å². The fraction of sp³-hybridized carbons (Fsp3) is 0.258. The summed E-state index contributed by atoms with van der Waals surface area (Å²) in [6.45, 7) is 2.43. The summed E-state index contributed by atoms with van der Waals surface area (Å²) in [6.07, 6.45) is 4.59. The summed E-state index contributed by atoms with van der Waals surface area (Å²) < 4.78 is 36.0. The molecule has 0 saturated carbocycles. The van der Waals surface area contributed by atoms with Crippen LogP contribution in [0.25, 0.3) is 43.7 Å². The van der Waals surface area contributed by atoms with Gasteiger partial charge < -0.3 is 15.0 Å². The molecule has 2 aromatic carbocycles. The standard InChI is InChI=1S/C31H26ClF2N5O2S/c1-41-25-11-21(33)4-5-23(25)26-28(20-13-36-39(14-20)22-15-38(16-22)31(40)30(32)34)37-27(24-7-9-42-29(24)26)18-2-3-19-12-35-8-6-17(19)10-18/h2-5,7,9-11,13-14,22,30,35H,6,8,12,15-16H2,1H3. The summed E-state index contributed by atoms with van der Waals surface area (Å²) in [5, 5.41) is 11.1. The number of rotatable bonds is 6. The molecule has 7 rings (SSSR count). The average Bonchev–Trinajstić information content (AvgIpc) is 3.66. The van der Waals surface area contributed by atoms with Crippen molar-refractivity contribution in [3.8, 4) is 39.4 Å². The maximum Gasteiger partial charge on any atom is 0.272 e. The third-order valence-electron chi connectivity index (χ3n) is 8.02. The molecule has 5 heterocycles. The van der Waals surface area contributed by atoms with Gasteiger partial charge in [0.05, 0.1) is 30.7 Å². The van der Waals surface area contributed by atoms with Crippen LogP contribution < -0.4 is 10.1 Å². The minimum Gasteiger partial charge on any atom is -0.496 e. The van der Waals surface area contributed by atoms with Crippen molar-refractivity contribution >= 4 is 38.9 Å². The summed E-state index contributed by atoms with van der Waals surface area (Å²) >= 11 is 6.94. The molecule has 1 N–H and O–H groups in total. The Morgan fingerprint density at radius 3 is 2.81 bits per heavy atom. The number of carbonyl (C=O) groups is 1. The fourth-order valence-electron chi connectivity index (χ4n) is 5.80. The molecule has 1 fully saturated rings. The summed E-state index contributed by atoms with van der Waals surface area (Å²) in [5.74, 6) is -0.720. The van der Waals surface area contributed by atoms with Crippen molar-refractivity contribution in [1.82, 2.24) is 25.0 Å². The van der Waals surface area contributed by atoms with E-state index in [2.05, 4.69) is 34.7 Å². The zero-order valence-corrected chi connectivity index (χ0v) is 24.2. The Hall–Kier alpha value is -3.86. The number of pyridine rings is 1. The molecule has 0 bridgehead atoms. The Labute approximate surface area is 249 Å². The molecule has 0 radical (unpaired) electrons. The van der Waals surface area contributed by atoms with Gasteiger partial charge in [0, 0.05) is 64.2 Å². The van der Waals surface area contributed by atoms with E-state index < -0.39 is 17.4 Å². The summed E-state index contributed by atoms with van der Waals surface area (Å²) in [5.41, 5.74) is 5.45. The van der Waals surface area contributed by atoms with Crippen molar-refractivity contribution in [2.75, 3.05) is 26.7 Å². The molecule has 1 unspecified atom stereocenters. The van der Waals surface area contributed by atoms with Crippen LogP contribution in [0, 0.1) is 5.82 Å². The number of nitrogens with zero attached hydrogens (tertiary/aromatic N) is 4.